The van der Waals surface area contributed by atoms with E-state index < -0.39 is 5.41 Å². The van der Waals surface area contributed by atoms with Gasteiger partial charge in [-0.05, 0) is 114 Å². The highest BCUT2D eigenvalue weighted by Crippen LogP contribution is 2.63. The third-order valence-corrected chi connectivity index (χ3v) is 13.3. The molecule has 0 N–H and O–H groups in total. The molecule has 0 fully saturated rings. The van der Waals surface area contributed by atoms with E-state index in [-0.39, 0.29) is 0 Å². The average Bonchev–Trinajstić information content (AvgIpc) is 3.96. The molecule has 0 radical (unpaired) electrons. The molecule has 0 saturated heterocycles. The first-order chi connectivity index (χ1) is 30.3. The minimum absolute atomic E-state index is 0.462. The number of nitrogens with zero attached hydrogens (tertiary/aromatic N) is 1. The van der Waals surface area contributed by atoms with Gasteiger partial charge in [0, 0.05) is 22.3 Å². The van der Waals surface area contributed by atoms with E-state index >= 15 is 0 Å². The van der Waals surface area contributed by atoms with Crippen molar-refractivity contribution in [2.24, 2.45) is 0 Å². The maximum absolute atomic E-state index is 7.03. The van der Waals surface area contributed by atoms with E-state index in [0.717, 1.165) is 50.1 Å². The van der Waals surface area contributed by atoms with Crippen LogP contribution in [-0.2, 0) is 5.41 Å². The van der Waals surface area contributed by atoms with Gasteiger partial charge in [0.15, 0.2) is 0 Å². The van der Waals surface area contributed by atoms with E-state index in [2.05, 4.69) is 229 Å². The molecule has 0 bridgehead atoms. The smallest absolute Gasteiger partial charge is 0.143 e. The highest BCUT2D eigenvalue weighted by atomic mass is 16.3. The number of rotatable bonds is 5. The van der Waals surface area contributed by atoms with Crippen LogP contribution < -0.4 is 4.90 Å². The lowest BCUT2D eigenvalue weighted by molar-refractivity contribution is 0.670. The fourth-order valence-corrected chi connectivity index (χ4v) is 10.8. The fourth-order valence-electron chi connectivity index (χ4n) is 10.8. The maximum Gasteiger partial charge on any atom is 0.143 e. The standard InChI is InChI=1S/C59H37NO/c1-3-16-38(17-4-1)39-30-32-42(33-31-39)60(54-28-15-29-55-57(54)49-36-41-20-7-8-21-44(41)56(58(49)61-55)40-18-5-2-6-19-40)43-34-35-48-47-24-11-14-27-52(47)59(53(48)37-43)50-25-12-9-22-45(50)46-23-10-13-26-51(46)59/h1-37H. The topological polar surface area (TPSA) is 16.4 Å². The zero-order chi connectivity index (χ0) is 40.1. The van der Waals surface area contributed by atoms with Gasteiger partial charge >= 0.3 is 0 Å². The zero-order valence-corrected chi connectivity index (χ0v) is 33.2. The first kappa shape index (κ1) is 34.0. The Morgan fingerprint density at radius 3 is 1.57 bits per heavy atom. The van der Waals surface area contributed by atoms with Gasteiger partial charge in [-0.2, -0.15) is 0 Å². The molecular formula is C59H37NO. The number of benzene rings is 10. The third-order valence-electron chi connectivity index (χ3n) is 13.3. The number of anilines is 3. The lowest BCUT2D eigenvalue weighted by atomic mass is 9.70. The number of furan rings is 1. The summed E-state index contributed by atoms with van der Waals surface area (Å²) in [6.45, 7) is 0. The van der Waals surface area contributed by atoms with Gasteiger partial charge in [0.2, 0.25) is 0 Å². The van der Waals surface area contributed by atoms with Crippen LogP contribution in [0.25, 0.3) is 77.2 Å². The normalized spacial score (nSPS) is 13.0. The van der Waals surface area contributed by atoms with Crippen molar-refractivity contribution in [3.8, 4) is 44.5 Å². The molecule has 2 aliphatic rings. The molecule has 0 unspecified atom stereocenters. The lowest BCUT2D eigenvalue weighted by Gasteiger charge is -2.32. The predicted molar refractivity (Wildman–Crippen MR) is 253 cm³/mol. The lowest BCUT2D eigenvalue weighted by Crippen LogP contribution is -2.26. The van der Waals surface area contributed by atoms with Gasteiger partial charge in [-0.1, -0.05) is 182 Å². The second-order valence-electron chi connectivity index (χ2n) is 16.3. The van der Waals surface area contributed by atoms with Gasteiger partial charge in [0.05, 0.1) is 16.5 Å². The van der Waals surface area contributed by atoms with Gasteiger partial charge < -0.3 is 9.32 Å². The fraction of sp³-hybridized carbons (Fsp3) is 0.0169. The van der Waals surface area contributed by atoms with E-state index in [4.69, 9.17) is 4.42 Å². The highest BCUT2D eigenvalue weighted by Gasteiger charge is 2.51. The monoisotopic (exact) mass is 775 g/mol. The summed E-state index contributed by atoms with van der Waals surface area (Å²) in [6.07, 6.45) is 0. The van der Waals surface area contributed by atoms with Crippen molar-refractivity contribution in [3.05, 3.63) is 247 Å². The Hall–Kier alpha value is -7.94. The molecule has 0 saturated carbocycles. The van der Waals surface area contributed by atoms with E-state index in [1.54, 1.807) is 0 Å². The summed E-state index contributed by atoms with van der Waals surface area (Å²) in [5.41, 5.74) is 19.6. The summed E-state index contributed by atoms with van der Waals surface area (Å²) >= 11 is 0. The van der Waals surface area contributed by atoms with Gasteiger partial charge in [-0.25, -0.2) is 0 Å². The van der Waals surface area contributed by atoms with Crippen molar-refractivity contribution in [3.63, 3.8) is 0 Å². The number of fused-ring (bicyclic) bond motifs is 14. The number of hydrogen-bond acceptors (Lipinski definition) is 2. The molecule has 284 valence electrons. The molecular weight excluding hydrogens is 739 g/mol. The summed E-state index contributed by atoms with van der Waals surface area (Å²) in [4.78, 5) is 2.45. The second kappa shape index (κ2) is 13.0. The largest absolute Gasteiger partial charge is 0.455 e. The Kier molecular flexibility index (Phi) is 7.26. The van der Waals surface area contributed by atoms with Gasteiger partial charge in [-0.15, -0.1) is 0 Å². The van der Waals surface area contributed by atoms with Crippen LogP contribution in [0, 0.1) is 0 Å². The molecule has 2 aliphatic carbocycles. The Labute approximate surface area is 354 Å². The quantitative estimate of drug-likeness (QED) is 0.173. The minimum Gasteiger partial charge on any atom is -0.455 e. The Balaban J connectivity index is 1.10. The van der Waals surface area contributed by atoms with Crippen LogP contribution in [-0.4, -0.2) is 0 Å². The van der Waals surface area contributed by atoms with E-state index in [1.165, 1.54) is 66.4 Å². The molecule has 13 rings (SSSR count). The summed E-state index contributed by atoms with van der Waals surface area (Å²) in [7, 11) is 0. The third kappa shape index (κ3) is 4.79. The van der Waals surface area contributed by atoms with Crippen molar-refractivity contribution in [2.45, 2.75) is 5.41 Å². The molecule has 2 heteroatoms. The van der Waals surface area contributed by atoms with Crippen LogP contribution >= 0.6 is 0 Å². The molecule has 0 aliphatic heterocycles. The molecule has 61 heavy (non-hydrogen) atoms. The van der Waals surface area contributed by atoms with Crippen molar-refractivity contribution in [1.29, 1.82) is 0 Å². The highest BCUT2D eigenvalue weighted by molar-refractivity contribution is 6.22. The Morgan fingerprint density at radius 1 is 0.361 bits per heavy atom. The molecule has 0 amide bonds. The van der Waals surface area contributed by atoms with Crippen LogP contribution in [0.2, 0.25) is 0 Å². The van der Waals surface area contributed by atoms with E-state index in [1.807, 2.05) is 0 Å². The minimum atomic E-state index is -0.462. The van der Waals surface area contributed by atoms with Crippen molar-refractivity contribution in [1.82, 2.24) is 0 Å². The van der Waals surface area contributed by atoms with Gasteiger partial charge in [-0.3, -0.25) is 0 Å². The summed E-state index contributed by atoms with van der Waals surface area (Å²) in [6, 6.07) is 82.1. The second-order valence-corrected chi connectivity index (χ2v) is 16.3. The summed E-state index contributed by atoms with van der Waals surface area (Å²) < 4.78 is 7.03. The Morgan fingerprint density at radius 2 is 0.902 bits per heavy atom. The van der Waals surface area contributed by atoms with Crippen molar-refractivity contribution < 1.29 is 4.42 Å². The molecule has 2 nitrogen and oxygen atoms in total. The molecule has 1 aromatic heterocycles. The van der Waals surface area contributed by atoms with Crippen LogP contribution in [0.1, 0.15) is 22.3 Å². The van der Waals surface area contributed by atoms with Crippen LogP contribution in [0.3, 0.4) is 0 Å². The molecule has 10 aromatic carbocycles. The number of hydrogen-bond donors (Lipinski definition) is 0. The summed E-state index contributed by atoms with van der Waals surface area (Å²) in [5.74, 6) is 0. The average molecular weight is 776 g/mol. The maximum atomic E-state index is 7.03. The van der Waals surface area contributed by atoms with Crippen LogP contribution in [0.15, 0.2) is 229 Å². The molecule has 11 aromatic rings. The first-order valence-electron chi connectivity index (χ1n) is 21.1. The van der Waals surface area contributed by atoms with Crippen LogP contribution in [0.5, 0.6) is 0 Å². The zero-order valence-electron chi connectivity index (χ0n) is 33.2. The van der Waals surface area contributed by atoms with Crippen molar-refractivity contribution >= 4 is 49.8 Å². The summed E-state index contributed by atoms with van der Waals surface area (Å²) in [5, 5.41) is 4.54. The van der Waals surface area contributed by atoms with E-state index in [9.17, 15) is 0 Å². The van der Waals surface area contributed by atoms with E-state index in [0.29, 0.717) is 0 Å². The first-order valence-corrected chi connectivity index (χ1v) is 21.1. The van der Waals surface area contributed by atoms with Gasteiger partial charge in [0.25, 0.3) is 0 Å². The Bertz CT molecular complexity index is 3460. The van der Waals surface area contributed by atoms with Gasteiger partial charge in [0.1, 0.15) is 11.2 Å². The SMILES string of the molecule is c1ccc(-c2ccc(N(c3ccc4c(c3)C3(c5ccccc5-c5ccccc53)c3ccccc3-4)c3cccc4oc5c(-c6ccccc6)c6ccccc6cc5c34)cc2)cc1. The van der Waals surface area contributed by atoms with Crippen LogP contribution in [0.4, 0.5) is 17.1 Å². The molecule has 0 atom stereocenters. The van der Waals surface area contributed by atoms with Crippen molar-refractivity contribution in [2.75, 3.05) is 4.90 Å². The molecule has 1 heterocycles. The predicted octanol–water partition coefficient (Wildman–Crippen LogP) is 15.9. The molecule has 1 spiro atoms.